The largest absolute Gasteiger partial charge is 0.372 e. The maximum atomic E-state index is 5.58. The van der Waals surface area contributed by atoms with E-state index in [0.717, 1.165) is 43.4 Å². The van der Waals surface area contributed by atoms with Crippen molar-refractivity contribution in [3.8, 4) is 0 Å². The topological polar surface area (TPSA) is 82.1 Å². The van der Waals surface area contributed by atoms with Crippen LogP contribution < -0.4 is 20.4 Å². The van der Waals surface area contributed by atoms with Crippen LogP contribution in [-0.2, 0) is 6.54 Å². The summed E-state index contributed by atoms with van der Waals surface area (Å²) in [7, 11) is 0. The zero-order chi connectivity index (χ0) is 24.7. The van der Waals surface area contributed by atoms with Gasteiger partial charge in [0.05, 0.1) is 0 Å². The Hall–Kier alpha value is -2.98. The molecule has 0 bridgehead atoms. The number of nitrogens with one attached hydrogen (secondary N) is 2. The maximum Gasteiger partial charge on any atom is 0.232 e. The van der Waals surface area contributed by atoms with Crippen LogP contribution in [0.3, 0.4) is 0 Å². The van der Waals surface area contributed by atoms with Crippen molar-refractivity contribution in [2.45, 2.75) is 49.3 Å². The fourth-order valence-corrected chi connectivity index (χ4v) is 5.51. The van der Waals surface area contributed by atoms with E-state index in [4.69, 9.17) is 22.2 Å². The number of hydrogen-bond acceptors (Lipinski definition) is 8. The van der Waals surface area contributed by atoms with Crippen LogP contribution >= 0.6 is 24.0 Å². The van der Waals surface area contributed by atoms with Crippen LogP contribution in [0, 0.1) is 5.92 Å². The van der Waals surface area contributed by atoms with Crippen LogP contribution in [0.5, 0.6) is 0 Å². The number of piperidine rings is 1. The van der Waals surface area contributed by atoms with E-state index < -0.39 is 0 Å². The SMILES string of the molecule is C[C@@H]1CCCN(c2cc(Sc3ncccn3)nc(NC(=S)NCc3ccc(N4CCCC4)cc3)n2)C1. The fraction of sp³-hybridized carbons (Fsp3) is 0.423. The minimum absolute atomic E-state index is 0.478. The van der Waals surface area contributed by atoms with Gasteiger partial charge in [0, 0.05) is 56.9 Å². The standard InChI is InChI=1S/C26H32N8S2/c1-19-6-4-15-34(18-19)22-16-23(36-26-27-11-5-12-28-26)31-24(30-22)32-25(35)29-17-20-7-9-21(10-8-20)33-13-2-3-14-33/h5,7-12,16,19H,2-4,6,13-15,17-18H2,1H3,(H2,29,30,31,32,35)/t19-/m1/s1. The van der Waals surface area contributed by atoms with Crippen molar-refractivity contribution >= 4 is 46.5 Å². The minimum Gasteiger partial charge on any atom is -0.372 e. The molecule has 36 heavy (non-hydrogen) atoms. The lowest BCUT2D eigenvalue weighted by Crippen LogP contribution is -2.35. The Morgan fingerprint density at radius 3 is 2.53 bits per heavy atom. The Morgan fingerprint density at radius 1 is 1.03 bits per heavy atom. The lowest BCUT2D eigenvalue weighted by molar-refractivity contribution is 0.444. The van der Waals surface area contributed by atoms with Crippen LogP contribution in [0.2, 0.25) is 0 Å². The highest BCUT2D eigenvalue weighted by atomic mass is 32.2. The molecule has 2 saturated heterocycles. The molecule has 2 fully saturated rings. The third kappa shape index (κ3) is 6.61. The summed E-state index contributed by atoms with van der Waals surface area (Å²) < 4.78 is 0. The minimum atomic E-state index is 0.478. The number of anilines is 3. The Labute approximate surface area is 222 Å². The number of benzene rings is 1. The molecule has 3 aromatic rings. The molecule has 188 valence electrons. The number of thiocarbonyl (C=S) groups is 1. The molecule has 5 rings (SSSR count). The molecule has 1 atom stereocenters. The van der Waals surface area contributed by atoms with E-state index in [9.17, 15) is 0 Å². The van der Waals surface area contributed by atoms with Crippen molar-refractivity contribution in [2.75, 3.05) is 41.3 Å². The molecule has 0 amide bonds. The van der Waals surface area contributed by atoms with Gasteiger partial charge in [-0.25, -0.2) is 15.0 Å². The molecule has 10 heteroatoms. The number of aromatic nitrogens is 4. The first-order chi connectivity index (χ1) is 17.6. The van der Waals surface area contributed by atoms with E-state index >= 15 is 0 Å². The van der Waals surface area contributed by atoms with Gasteiger partial charge < -0.3 is 20.4 Å². The molecule has 0 saturated carbocycles. The van der Waals surface area contributed by atoms with Crippen LogP contribution in [0.1, 0.15) is 38.2 Å². The zero-order valence-corrected chi connectivity index (χ0v) is 22.2. The first kappa shape index (κ1) is 24.7. The number of rotatable bonds is 7. The third-order valence-corrected chi connectivity index (χ3v) is 7.55. The molecule has 2 aliphatic rings. The molecule has 8 nitrogen and oxygen atoms in total. The van der Waals surface area contributed by atoms with Crippen LogP contribution in [0.25, 0.3) is 0 Å². The Morgan fingerprint density at radius 2 is 1.78 bits per heavy atom. The zero-order valence-electron chi connectivity index (χ0n) is 20.6. The summed E-state index contributed by atoms with van der Waals surface area (Å²) in [4.78, 5) is 22.9. The smallest absolute Gasteiger partial charge is 0.232 e. The predicted molar refractivity (Wildman–Crippen MR) is 150 cm³/mol. The first-order valence-corrected chi connectivity index (χ1v) is 13.8. The first-order valence-electron chi connectivity index (χ1n) is 12.6. The molecule has 0 radical (unpaired) electrons. The highest BCUT2D eigenvalue weighted by Crippen LogP contribution is 2.29. The molecule has 1 aromatic carbocycles. The summed E-state index contributed by atoms with van der Waals surface area (Å²) in [6.45, 7) is 7.20. The van der Waals surface area contributed by atoms with Gasteiger partial charge in [0.15, 0.2) is 10.3 Å². The fourth-order valence-electron chi connectivity index (χ4n) is 4.64. The van der Waals surface area contributed by atoms with E-state index in [1.165, 1.54) is 42.3 Å². The Balaban J connectivity index is 1.25. The number of nitrogens with zero attached hydrogens (tertiary/aromatic N) is 6. The van der Waals surface area contributed by atoms with Gasteiger partial charge in [-0.2, -0.15) is 4.98 Å². The van der Waals surface area contributed by atoms with Gasteiger partial charge in [-0.3, -0.25) is 0 Å². The summed E-state index contributed by atoms with van der Waals surface area (Å²) in [5, 5.41) is 8.42. The van der Waals surface area contributed by atoms with Crippen molar-refractivity contribution < 1.29 is 0 Å². The summed E-state index contributed by atoms with van der Waals surface area (Å²) >= 11 is 7.01. The van der Waals surface area contributed by atoms with Crippen molar-refractivity contribution in [3.63, 3.8) is 0 Å². The maximum absolute atomic E-state index is 5.58. The van der Waals surface area contributed by atoms with E-state index in [2.05, 4.69) is 61.6 Å². The quantitative estimate of drug-likeness (QED) is 0.259. The molecule has 2 aliphatic heterocycles. The molecule has 0 spiro atoms. The van der Waals surface area contributed by atoms with Crippen LogP contribution in [0.4, 0.5) is 17.5 Å². The lowest BCUT2D eigenvalue weighted by Gasteiger charge is -2.32. The number of hydrogen-bond donors (Lipinski definition) is 2. The van der Waals surface area contributed by atoms with Crippen molar-refractivity contribution in [2.24, 2.45) is 5.92 Å². The van der Waals surface area contributed by atoms with Crippen molar-refractivity contribution in [1.82, 2.24) is 25.3 Å². The van der Waals surface area contributed by atoms with Gasteiger partial charge in [0.1, 0.15) is 10.8 Å². The molecule has 0 aliphatic carbocycles. The summed E-state index contributed by atoms with van der Waals surface area (Å²) in [6, 6.07) is 12.5. The lowest BCUT2D eigenvalue weighted by atomic mass is 10.0. The van der Waals surface area contributed by atoms with E-state index in [1.54, 1.807) is 12.4 Å². The van der Waals surface area contributed by atoms with Crippen molar-refractivity contribution in [1.29, 1.82) is 0 Å². The van der Waals surface area contributed by atoms with Gasteiger partial charge >= 0.3 is 0 Å². The van der Waals surface area contributed by atoms with Gasteiger partial charge in [-0.15, -0.1) is 0 Å². The highest BCUT2D eigenvalue weighted by molar-refractivity contribution is 7.99. The normalized spacial score (nSPS) is 17.8. The Kier molecular flexibility index (Phi) is 8.12. The average Bonchev–Trinajstić information content (AvgIpc) is 3.43. The summed E-state index contributed by atoms with van der Waals surface area (Å²) in [5.74, 6) is 2.02. The third-order valence-electron chi connectivity index (χ3n) is 6.49. The van der Waals surface area contributed by atoms with Crippen LogP contribution in [0.15, 0.2) is 59.0 Å². The monoisotopic (exact) mass is 520 g/mol. The van der Waals surface area contributed by atoms with Gasteiger partial charge in [0.2, 0.25) is 5.95 Å². The van der Waals surface area contributed by atoms with E-state index in [1.807, 2.05) is 12.1 Å². The molecule has 4 heterocycles. The second-order valence-electron chi connectivity index (χ2n) is 9.38. The van der Waals surface area contributed by atoms with Gasteiger partial charge in [0.25, 0.3) is 0 Å². The molecule has 2 N–H and O–H groups in total. The molecule has 2 aromatic heterocycles. The highest BCUT2D eigenvalue weighted by Gasteiger charge is 2.20. The van der Waals surface area contributed by atoms with Gasteiger partial charge in [-0.1, -0.05) is 19.1 Å². The predicted octanol–water partition coefficient (Wildman–Crippen LogP) is 4.74. The summed E-state index contributed by atoms with van der Waals surface area (Å²) in [5.41, 5.74) is 2.47. The molecule has 0 unspecified atom stereocenters. The van der Waals surface area contributed by atoms with Crippen molar-refractivity contribution in [3.05, 3.63) is 54.4 Å². The second kappa shape index (κ2) is 11.8. The van der Waals surface area contributed by atoms with Crippen LogP contribution in [-0.4, -0.2) is 51.2 Å². The Bertz CT molecular complexity index is 1150. The second-order valence-corrected chi connectivity index (χ2v) is 10.8. The van der Waals surface area contributed by atoms with E-state index in [-0.39, 0.29) is 0 Å². The summed E-state index contributed by atoms with van der Waals surface area (Å²) in [6.07, 6.45) is 8.44. The molecular weight excluding hydrogens is 488 g/mol. The van der Waals surface area contributed by atoms with Gasteiger partial charge in [-0.05, 0) is 79.3 Å². The van der Waals surface area contributed by atoms with E-state index in [0.29, 0.717) is 28.7 Å². The molecular formula is C26H32N8S2. The average molecular weight is 521 g/mol.